The number of hydrogen-bond acceptors (Lipinski definition) is 5. The number of rotatable bonds is 2. The van der Waals surface area contributed by atoms with Crippen molar-refractivity contribution in [3.05, 3.63) is 22.8 Å². The summed E-state index contributed by atoms with van der Waals surface area (Å²) in [6.45, 7) is 3.40. The zero-order chi connectivity index (χ0) is 10.1. The number of nitrogens with zero attached hydrogens (tertiary/aromatic N) is 4. The third kappa shape index (κ3) is 1.18. The van der Waals surface area contributed by atoms with Crippen LogP contribution in [-0.2, 0) is 0 Å². The van der Waals surface area contributed by atoms with Crippen molar-refractivity contribution in [1.29, 1.82) is 0 Å². The standard InChI is InChI=1S/C7H8N6O/c1-3-5(10-12-8-3)7(14)6-4(2)9-13-11-6/h1-2H3,(H,8,10,12)(H,9,11,13). The second-order valence-electron chi connectivity index (χ2n) is 2.84. The summed E-state index contributed by atoms with van der Waals surface area (Å²) in [6.07, 6.45) is 0. The Bertz CT molecular complexity index is 428. The Morgan fingerprint density at radius 1 is 0.929 bits per heavy atom. The quantitative estimate of drug-likeness (QED) is 0.640. The minimum atomic E-state index is -0.275. The van der Waals surface area contributed by atoms with Crippen molar-refractivity contribution in [2.24, 2.45) is 0 Å². The molecule has 0 radical (unpaired) electrons. The highest BCUT2D eigenvalue weighted by atomic mass is 16.1. The Hall–Kier alpha value is -2.05. The highest BCUT2D eigenvalue weighted by Crippen LogP contribution is 2.08. The number of aryl methyl sites for hydroxylation is 2. The molecular weight excluding hydrogens is 184 g/mol. The molecule has 14 heavy (non-hydrogen) atoms. The number of carbonyl (C=O) groups excluding carboxylic acids is 1. The molecule has 2 rings (SSSR count). The van der Waals surface area contributed by atoms with E-state index in [2.05, 4.69) is 30.8 Å². The Morgan fingerprint density at radius 2 is 1.36 bits per heavy atom. The van der Waals surface area contributed by atoms with Gasteiger partial charge < -0.3 is 0 Å². The lowest BCUT2D eigenvalue weighted by Crippen LogP contribution is -2.06. The van der Waals surface area contributed by atoms with Crippen molar-refractivity contribution < 1.29 is 4.79 Å². The van der Waals surface area contributed by atoms with E-state index in [4.69, 9.17) is 0 Å². The molecule has 7 nitrogen and oxygen atoms in total. The number of ketones is 1. The number of aromatic nitrogens is 6. The van der Waals surface area contributed by atoms with E-state index in [0.29, 0.717) is 11.4 Å². The van der Waals surface area contributed by atoms with Gasteiger partial charge in [-0.3, -0.25) is 4.79 Å². The number of nitrogens with one attached hydrogen (secondary N) is 2. The molecule has 0 aliphatic rings. The largest absolute Gasteiger partial charge is 0.285 e. The average molecular weight is 192 g/mol. The summed E-state index contributed by atoms with van der Waals surface area (Å²) in [6, 6.07) is 0. The van der Waals surface area contributed by atoms with Gasteiger partial charge in [-0.1, -0.05) is 0 Å². The molecule has 0 atom stereocenters. The molecule has 0 aliphatic heterocycles. The first-order valence-electron chi connectivity index (χ1n) is 3.99. The Labute approximate surface area is 78.9 Å². The molecule has 72 valence electrons. The average Bonchev–Trinajstić information content (AvgIpc) is 2.73. The van der Waals surface area contributed by atoms with Gasteiger partial charge in [-0.2, -0.15) is 30.8 Å². The van der Waals surface area contributed by atoms with E-state index in [-0.39, 0.29) is 17.2 Å². The van der Waals surface area contributed by atoms with Crippen LogP contribution in [0.25, 0.3) is 0 Å². The zero-order valence-electron chi connectivity index (χ0n) is 7.70. The molecular formula is C7H8N6O. The normalized spacial score (nSPS) is 10.4. The lowest BCUT2D eigenvalue weighted by molar-refractivity contribution is 0.102. The van der Waals surface area contributed by atoms with Gasteiger partial charge >= 0.3 is 0 Å². The first-order chi connectivity index (χ1) is 6.70. The SMILES string of the molecule is Cc1n[nH]nc1C(=O)c1n[nH]nc1C. The van der Waals surface area contributed by atoms with E-state index in [1.165, 1.54) is 0 Å². The molecule has 0 bridgehead atoms. The Balaban J connectivity index is 2.44. The molecule has 2 aromatic rings. The molecule has 0 aromatic carbocycles. The van der Waals surface area contributed by atoms with Crippen LogP contribution >= 0.6 is 0 Å². The summed E-state index contributed by atoms with van der Waals surface area (Å²) < 4.78 is 0. The van der Waals surface area contributed by atoms with Crippen LogP contribution in [0.5, 0.6) is 0 Å². The molecule has 0 aliphatic carbocycles. The van der Waals surface area contributed by atoms with E-state index in [1.54, 1.807) is 13.8 Å². The molecule has 2 N–H and O–H groups in total. The fourth-order valence-electron chi connectivity index (χ4n) is 1.11. The third-order valence-electron chi connectivity index (χ3n) is 1.87. The monoisotopic (exact) mass is 192 g/mol. The summed E-state index contributed by atoms with van der Waals surface area (Å²) in [5.74, 6) is -0.275. The van der Waals surface area contributed by atoms with Crippen molar-refractivity contribution in [2.75, 3.05) is 0 Å². The van der Waals surface area contributed by atoms with Crippen LogP contribution in [0.15, 0.2) is 0 Å². The Morgan fingerprint density at radius 3 is 1.64 bits per heavy atom. The van der Waals surface area contributed by atoms with Gasteiger partial charge in [-0.15, -0.1) is 0 Å². The van der Waals surface area contributed by atoms with Crippen molar-refractivity contribution >= 4 is 5.78 Å². The van der Waals surface area contributed by atoms with Crippen molar-refractivity contribution in [3.8, 4) is 0 Å². The molecule has 0 spiro atoms. The second-order valence-corrected chi connectivity index (χ2v) is 2.84. The number of hydrogen-bond donors (Lipinski definition) is 2. The van der Waals surface area contributed by atoms with E-state index < -0.39 is 0 Å². The maximum atomic E-state index is 11.8. The fraction of sp³-hybridized carbons (Fsp3) is 0.286. The van der Waals surface area contributed by atoms with Gasteiger partial charge in [0.1, 0.15) is 0 Å². The lowest BCUT2D eigenvalue weighted by atomic mass is 10.1. The van der Waals surface area contributed by atoms with Gasteiger partial charge in [0.15, 0.2) is 11.4 Å². The van der Waals surface area contributed by atoms with Gasteiger partial charge in [-0.25, -0.2) is 0 Å². The van der Waals surface area contributed by atoms with E-state index >= 15 is 0 Å². The molecule has 0 amide bonds. The van der Waals surface area contributed by atoms with Crippen LogP contribution in [0.1, 0.15) is 27.6 Å². The second kappa shape index (κ2) is 3.02. The molecule has 0 unspecified atom stereocenters. The van der Waals surface area contributed by atoms with Crippen LogP contribution in [0, 0.1) is 13.8 Å². The maximum Gasteiger partial charge on any atom is 0.237 e. The molecule has 0 saturated carbocycles. The van der Waals surface area contributed by atoms with Gasteiger partial charge in [0.25, 0.3) is 0 Å². The van der Waals surface area contributed by atoms with E-state index in [1.807, 2.05) is 0 Å². The van der Waals surface area contributed by atoms with Crippen molar-refractivity contribution in [2.45, 2.75) is 13.8 Å². The van der Waals surface area contributed by atoms with E-state index in [0.717, 1.165) is 0 Å². The smallest absolute Gasteiger partial charge is 0.237 e. The van der Waals surface area contributed by atoms with Crippen molar-refractivity contribution in [3.63, 3.8) is 0 Å². The summed E-state index contributed by atoms with van der Waals surface area (Å²) in [5, 5.41) is 19.8. The lowest BCUT2D eigenvalue weighted by Gasteiger charge is -1.92. The van der Waals surface area contributed by atoms with Gasteiger partial charge in [0.05, 0.1) is 11.4 Å². The topological polar surface area (TPSA) is 100 Å². The highest BCUT2D eigenvalue weighted by Gasteiger charge is 2.20. The minimum Gasteiger partial charge on any atom is -0.285 e. The fourth-order valence-corrected chi connectivity index (χ4v) is 1.11. The molecule has 7 heteroatoms. The minimum absolute atomic E-state index is 0.275. The summed E-state index contributed by atoms with van der Waals surface area (Å²) in [5.41, 5.74) is 1.67. The van der Waals surface area contributed by atoms with Crippen molar-refractivity contribution in [1.82, 2.24) is 30.8 Å². The van der Waals surface area contributed by atoms with Gasteiger partial charge in [0, 0.05) is 0 Å². The summed E-state index contributed by atoms with van der Waals surface area (Å²) in [7, 11) is 0. The Kier molecular flexibility index (Phi) is 1.84. The number of carbonyl (C=O) groups is 1. The van der Waals surface area contributed by atoms with Gasteiger partial charge in [-0.05, 0) is 13.8 Å². The van der Waals surface area contributed by atoms with Crippen LogP contribution in [0.3, 0.4) is 0 Å². The maximum absolute atomic E-state index is 11.8. The van der Waals surface area contributed by atoms with E-state index in [9.17, 15) is 4.79 Å². The summed E-state index contributed by atoms with van der Waals surface area (Å²) in [4.78, 5) is 11.8. The molecule has 2 heterocycles. The number of aromatic amines is 2. The van der Waals surface area contributed by atoms with Crippen LogP contribution in [0.4, 0.5) is 0 Å². The highest BCUT2D eigenvalue weighted by molar-refractivity contribution is 6.07. The van der Waals surface area contributed by atoms with Gasteiger partial charge in [0.2, 0.25) is 5.78 Å². The van der Waals surface area contributed by atoms with Crippen LogP contribution in [0.2, 0.25) is 0 Å². The predicted octanol–water partition coefficient (Wildman–Crippen LogP) is -0.229. The van der Waals surface area contributed by atoms with Crippen LogP contribution < -0.4 is 0 Å². The predicted molar refractivity (Wildman–Crippen MR) is 45.7 cm³/mol. The van der Waals surface area contributed by atoms with Crippen LogP contribution in [-0.4, -0.2) is 36.6 Å². The first kappa shape index (κ1) is 8.54. The third-order valence-corrected chi connectivity index (χ3v) is 1.87. The number of H-pyrrole nitrogens is 2. The molecule has 2 aromatic heterocycles. The molecule has 0 fully saturated rings. The summed E-state index contributed by atoms with van der Waals surface area (Å²) >= 11 is 0. The zero-order valence-corrected chi connectivity index (χ0v) is 7.70. The first-order valence-corrected chi connectivity index (χ1v) is 3.99. The molecule has 0 saturated heterocycles.